The predicted molar refractivity (Wildman–Crippen MR) is 121 cm³/mol. The highest BCUT2D eigenvalue weighted by molar-refractivity contribution is 6.07. The second-order valence-corrected chi connectivity index (χ2v) is 9.31. The van der Waals surface area contributed by atoms with Gasteiger partial charge in [0.1, 0.15) is 11.4 Å². The smallest absolute Gasteiger partial charge is 0.325 e. The van der Waals surface area contributed by atoms with Gasteiger partial charge in [-0.2, -0.15) is 0 Å². The molecule has 2 N–H and O–H groups in total. The highest BCUT2D eigenvalue weighted by atomic mass is 16.2. The van der Waals surface area contributed by atoms with Gasteiger partial charge in [-0.3, -0.25) is 14.6 Å². The van der Waals surface area contributed by atoms with Crippen LogP contribution in [0.5, 0.6) is 0 Å². The first-order valence-corrected chi connectivity index (χ1v) is 11.8. The van der Waals surface area contributed by atoms with Gasteiger partial charge in [0.15, 0.2) is 0 Å². The summed E-state index contributed by atoms with van der Waals surface area (Å²) in [6, 6.07) is 10.3. The van der Waals surface area contributed by atoms with E-state index in [-0.39, 0.29) is 18.0 Å². The summed E-state index contributed by atoms with van der Waals surface area (Å²) in [4.78, 5) is 40.0. The van der Waals surface area contributed by atoms with E-state index in [2.05, 4.69) is 49.4 Å². The van der Waals surface area contributed by atoms with Crippen LogP contribution in [0.1, 0.15) is 37.1 Å². The molecule has 3 amide bonds. The Morgan fingerprint density at radius 3 is 2.44 bits per heavy atom. The van der Waals surface area contributed by atoms with E-state index in [1.165, 1.54) is 5.56 Å². The topological polar surface area (TPSA) is 84.6 Å². The third-order valence-electron chi connectivity index (χ3n) is 7.31. The number of aromatic nitrogens is 2. The lowest BCUT2D eigenvalue weighted by molar-refractivity contribution is -0.135. The molecule has 8 nitrogen and oxygen atoms in total. The molecule has 1 spiro atoms. The Morgan fingerprint density at radius 2 is 1.75 bits per heavy atom. The summed E-state index contributed by atoms with van der Waals surface area (Å²) in [6.07, 6.45) is 7.64. The standard InChI is InChI=1S/C24H32N6O2/c31-22-24(9-16-28(17-10-24)13-6-19-4-2-1-3-5-19)27-23(32)30(22)20-7-14-29(15-8-20)18-21-25-11-12-26-21/h1-5,11-12,20H,6-10,13-18H2,(H,25,26)(H,27,32). The van der Waals surface area contributed by atoms with Gasteiger partial charge >= 0.3 is 6.03 Å². The van der Waals surface area contributed by atoms with E-state index < -0.39 is 5.54 Å². The van der Waals surface area contributed by atoms with E-state index in [1.807, 2.05) is 12.3 Å². The van der Waals surface area contributed by atoms with Crippen molar-refractivity contribution in [3.63, 3.8) is 0 Å². The largest absolute Gasteiger partial charge is 0.348 e. The van der Waals surface area contributed by atoms with Gasteiger partial charge in [-0.25, -0.2) is 9.78 Å². The van der Waals surface area contributed by atoms with Gasteiger partial charge in [-0.1, -0.05) is 30.3 Å². The number of nitrogens with zero attached hydrogens (tertiary/aromatic N) is 4. The molecule has 0 unspecified atom stereocenters. The van der Waals surface area contributed by atoms with Crippen molar-refractivity contribution in [2.75, 3.05) is 32.7 Å². The average molecular weight is 437 g/mol. The SMILES string of the molecule is O=C1NC2(CCN(CCc3ccccc3)CC2)C(=O)N1C1CCN(Cc2ncc[nH]2)CC1. The van der Waals surface area contributed by atoms with Gasteiger partial charge in [0.05, 0.1) is 6.54 Å². The summed E-state index contributed by atoms with van der Waals surface area (Å²) in [6.45, 7) is 5.18. The Balaban J connectivity index is 1.13. The van der Waals surface area contributed by atoms with E-state index in [0.717, 1.165) is 64.4 Å². The maximum atomic E-state index is 13.4. The molecule has 8 heteroatoms. The first-order chi connectivity index (χ1) is 15.6. The number of benzene rings is 1. The third-order valence-corrected chi connectivity index (χ3v) is 7.31. The number of nitrogens with one attached hydrogen (secondary N) is 2. The van der Waals surface area contributed by atoms with Crippen molar-refractivity contribution in [2.24, 2.45) is 0 Å². The fraction of sp³-hybridized carbons (Fsp3) is 0.542. The van der Waals surface area contributed by atoms with Gasteiger partial charge in [-0.05, 0) is 37.7 Å². The molecule has 3 fully saturated rings. The number of hydrogen-bond donors (Lipinski definition) is 2. The number of hydrogen-bond acceptors (Lipinski definition) is 5. The van der Waals surface area contributed by atoms with Crippen LogP contribution in [0.25, 0.3) is 0 Å². The summed E-state index contributed by atoms with van der Waals surface area (Å²) in [7, 11) is 0. The molecule has 32 heavy (non-hydrogen) atoms. The van der Waals surface area contributed by atoms with Crippen molar-refractivity contribution >= 4 is 11.9 Å². The summed E-state index contributed by atoms with van der Waals surface area (Å²) in [5.41, 5.74) is 0.633. The molecule has 3 aliphatic rings. The summed E-state index contributed by atoms with van der Waals surface area (Å²) >= 11 is 0. The molecule has 3 saturated heterocycles. The minimum Gasteiger partial charge on any atom is -0.348 e. The molecule has 0 atom stereocenters. The normalized spacial score (nSPS) is 22.6. The van der Waals surface area contributed by atoms with E-state index >= 15 is 0 Å². The molecule has 1 aromatic heterocycles. The Kier molecular flexibility index (Phi) is 5.97. The number of carbonyl (C=O) groups excluding carboxylic acids is 2. The zero-order valence-corrected chi connectivity index (χ0v) is 18.5. The van der Waals surface area contributed by atoms with Crippen LogP contribution in [0.3, 0.4) is 0 Å². The highest BCUT2D eigenvalue weighted by Crippen LogP contribution is 2.32. The third kappa shape index (κ3) is 4.29. The average Bonchev–Trinajstić information content (AvgIpc) is 3.41. The lowest BCUT2D eigenvalue weighted by Gasteiger charge is -2.38. The van der Waals surface area contributed by atoms with Gasteiger partial charge in [0.2, 0.25) is 0 Å². The molecule has 5 rings (SSSR count). The fourth-order valence-corrected chi connectivity index (χ4v) is 5.33. The van der Waals surface area contributed by atoms with E-state index in [4.69, 9.17) is 0 Å². The lowest BCUT2D eigenvalue weighted by Crippen LogP contribution is -2.55. The molecule has 2 aromatic rings. The van der Waals surface area contributed by atoms with Crippen molar-refractivity contribution in [1.29, 1.82) is 0 Å². The molecule has 0 bridgehead atoms. The minimum absolute atomic E-state index is 0.00491. The van der Waals surface area contributed by atoms with Crippen LogP contribution < -0.4 is 5.32 Å². The summed E-state index contributed by atoms with van der Waals surface area (Å²) < 4.78 is 0. The van der Waals surface area contributed by atoms with E-state index in [1.54, 1.807) is 11.1 Å². The first kappa shape index (κ1) is 21.2. The van der Waals surface area contributed by atoms with Gasteiger partial charge < -0.3 is 15.2 Å². The Morgan fingerprint density at radius 1 is 1.00 bits per heavy atom. The molecule has 0 radical (unpaired) electrons. The number of H-pyrrole nitrogens is 1. The van der Waals surface area contributed by atoms with Crippen LogP contribution in [0.4, 0.5) is 4.79 Å². The van der Waals surface area contributed by atoms with Crippen molar-refractivity contribution in [2.45, 2.75) is 50.2 Å². The molecule has 0 saturated carbocycles. The maximum Gasteiger partial charge on any atom is 0.325 e. The van der Waals surface area contributed by atoms with Crippen LogP contribution >= 0.6 is 0 Å². The molecule has 1 aromatic carbocycles. The monoisotopic (exact) mass is 436 g/mol. The summed E-state index contributed by atoms with van der Waals surface area (Å²) in [5, 5.41) is 3.09. The lowest BCUT2D eigenvalue weighted by atomic mass is 9.86. The number of rotatable bonds is 6. The van der Waals surface area contributed by atoms with Crippen LogP contribution in [0.15, 0.2) is 42.7 Å². The second-order valence-electron chi connectivity index (χ2n) is 9.31. The highest BCUT2D eigenvalue weighted by Gasteiger charge is 2.54. The molecule has 170 valence electrons. The number of aromatic amines is 1. The van der Waals surface area contributed by atoms with Crippen molar-refractivity contribution in [3.05, 3.63) is 54.1 Å². The number of carbonyl (C=O) groups is 2. The zero-order valence-electron chi connectivity index (χ0n) is 18.5. The van der Waals surface area contributed by atoms with E-state index in [0.29, 0.717) is 12.8 Å². The predicted octanol–water partition coefficient (Wildman–Crippen LogP) is 2.00. The molecule has 3 aliphatic heterocycles. The Hall–Kier alpha value is -2.71. The molecule has 0 aliphatic carbocycles. The quantitative estimate of drug-likeness (QED) is 0.677. The number of likely N-dealkylation sites (tertiary alicyclic amines) is 2. The van der Waals surface area contributed by atoms with Crippen LogP contribution in [0, 0.1) is 0 Å². The first-order valence-electron chi connectivity index (χ1n) is 11.8. The number of imidazole rings is 1. The van der Waals surface area contributed by atoms with Crippen molar-refractivity contribution < 1.29 is 9.59 Å². The van der Waals surface area contributed by atoms with Gasteiger partial charge in [-0.15, -0.1) is 0 Å². The van der Waals surface area contributed by atoms with Crippen molar-refractivity contribution in [1.82, 2.24) is 30.0 Å². The second kappa shape index (κ2) is 9.03. The number of imide groups is 1. The number of amides is 3. The van der Waals surface area contributed by atoms with E-state index in [9.17, 15) is 9.59 Å². The van der Waals surface area contributed by atoms with Gasteiger partial charge in [0, 0.05) is 51.2 Å². The Labute approximate surface area is 189 Å². The fourth-order valence-electron chi connectivity index (χ4n) is 5.33. The maximum absolute atomic E-state index is 13.4. The van der Waals surface area contributed by atoms with Crippen molar-refractivity contribution in [3.8, 4) is 0 Å². The van der Waals surface area contributed by atoms with Crippen LogP contribution in [0.2, 0.25) is 0 Å². The summed E-state index contributed by atoms with van der Waals surface area (Å²) in [5.74, 6) is 0.950. The van der Waals surface area contributed by atoms with Crippen LogP contribution in [-0.4, -0.2) is 80.9 Å². The molecule has 4 heterocycles. The molecular formula is C24H32N6O2. The number of piperidine rings is 2. The Bertz CT molecular complexity index is 915. The minimum atomic E-state index is -0.703. The number of urea groups is 1. The zero-order chi connectivity index (χ0) is 22.0. The van der Waals surface area contributed by atoms with Crippen LogP contribution in [-0.2, 0) is 17.8 Å². The van der Waals surface area contributed by atoms with Gasteiger partial charge in [0.25, 0.3) is 5.91 Å². The molecular weight excluding hydrogens is 404 g/mol.